The van der Waals surface area contributed by atoms with E-state index in [1.807, 2.05) is 20.2 Å². The molecule has 0 saturated carbocycles. The molecule has 1 saturated heterocycles. The molecule has 12 heteroatoms. The number of nitrogens with zero attached hydrogens (tertiary/aromatic N) is 4. The highest BCUT2D eigenvalue weighted by Gasteiger charge is 2.35. The first-order valence-electron chi connectivity index (χ1n) is 12.4. The summed E-state index contributed by atoms with van der Waals surface area (Å²) in [5.41, 5.74) is 0.654. The first-order valence-corrected chi connectivity index (χ1v) is 15.0. The van der Waals surface area contributed by atoms with Crippen LogP contribution in [0.4, 0.5) is 5.13 Å². The van der Waals surface area contributed by atoms with Gasteiger partial charge in [-0.3, -0.25) is 9.69 Å². The summed E-state index contributed by atoms with van der Waals surface area (Å²) >= 11 is 7.32. The zero-order chi connectivity index (χ0) is 27.4. The number of hydrogen-bond acceptors (Lipinski definition) is 8. The molecule has 38 heavy (non-hydrogen) atoms. The molecular weight excluding hydrogens is 548 g/mol. The maximum absolute atomic E-state index is 13.9. The van der Waals surface area contributed by atoms with Crippen LogP contribution in [0, 0.1) is 5.92 Å². The van der Waals surface area contributed by atoms with Crippen molar-refractivity contribution in [1.82, 2.24) is 14.2 Å². The lowest BCUT2D eigenvalue weighted by Gasteiger charge is -2.33. The highest BCUT2D eigenvalue weighted by Crippen LogP contribution is 2.41. The Balaban J connectivity index is 1.56. The molecule has 0 aliphatic carbocycles. The topological polar surface area (TPSA) is 92.3 Å². The average Bonchev–Trinajstić information content (AvgIpc) is 3.35. The number of carbonyl (C=O) groups excluding carboxylic acids is 1. The average molecular weight is 581 g/mol. The number of anilines is 1. The first-order chi connectivity index (χ1) is 18.1. The van der Waals surface area contributed by atoms with Crippen molar-refractivity contribution >= 4 is 54.2 Å². The molecule has 0 unspecified atom stereocenters. The number of ether oxygens (including phenoxy) is 2. The van der Waals surface area contributed by atoms with Gasteiger partial charge in [-0.2, -0.15) is 4.31 Å². The fourth-order valence-electron chi connectivity index (χ4n) is 4.55. The number of halogens is 1. The molecule has 1 aliphatic rings. The second kappa shape index (κ2) is 12.2. The lowest BCUT2D eigenvalue weighted by molar-refractivity contribution is -0.123. The van der Waals surface area contributed by atoms with E-state index in [0.29, 0.717) is 46.6 Å². The summed E-state index contributed by atoms with van der Waals surface area (Å²) in [6.07, 6.45) is 1.65. The number of amides is 1. The van der Waals surface area contributed by atoms with Crippen LogP contribution in [0.3, 0.4) is 0 Å². The lowest BCUT2D eigenvalue weighted by atomic mass is 9.96. The molecule has 0 bridgehead atoms. The molecule has 0 spiro atoms. The monoisotopic (exact) mass is 580 g/mol. The summed E-state index contributed by atoms with van der Waals surface area (Å²) in [5, 5.41) is 1.07. The van der Waals surface area contributed by atoms with E-state index in [1.165, 1.54) is 27.8 Å². The Morgan fingerprint density at radius 2 is 1.68 bits per heavy atom. The van der Waals surface area contributed by atoms with E-state index in [0.717, 1.165) is 17.7 Å². The van der Waals surface area contributed by atoms with Gasteiger partial charge in [0.25, 0.3) is 0 Å². The number of hydrogen-bond donors (Lipinski definition) is 0. The maximum atomic E-state index is 13.9. The lowest BCUT2D eigenvalue weighted by Crippen LogP contribution is -2.45. The van der Waals surface area contributed by atoms with Crippen molar-refractivity contribution in [2.75, 3.05) is 59.4 Å². The van der Waals surface area contributed by atoms with Crippen LogP contribution in [-0.2, 0) is 14.8 Å². The normalized spacial score (nSPS) is 15.2. The number of rotatable bonds is 10. The van der Waals surface area contributed by atoms with Crippen LogP contribution in [0.5, 0.6) is 11.5 Å². The molecule has 2 heterocycles. The Hall–Kier alpha value is -2.44. The number of sulfonamides is 1. The zero-order valence-electron chi connectivity index (χ0n) is 22.0. The van der Waals surface area contributed by atoms with E-state index in [2.05, 4.69) is 4.90 Å². The number of fused-ring (bicyclic) bond motifs is 1. The molecule has 1 aliphatic heterocycles. The van der Waals surface area contributed by atoms with Gasteiger partial charge in [0.2, 0.25) is 15.9 Å². The van der Waals surface area contributed by atoms with Crippen molar-refractivity contribution in [3.63, 3.8) is 0 Å². The summed E-state index contributed by atoms with van der Waals surface area (Å²) in [6, 6.07) is 9.79. The van der Waals surface area contributed by atoms with Gasteiger partial charge >= 0.3 is 0 Å². The van der Waals surface area contributed by atoms with Crippen LogP contribution < -0.4 is 14.4 Å². The van der Waals surface area contributed by atoms with Crippen LogP contribution in [0.1, 0.15) is 19.3 Å². The highest BCUT2D eigenvalue weighted by molar-refractivity contribution is 7.89. The molecule has 4 rings (SSSR count). The summed E-state index contributed by atoms with van der Waals surface area (Å²) in [6.45, 7) is 1.87. The largest absolute Gasteiger partial charge is 0.495 e. The first kappa shape index (κ1) is 28.6. The number of aromatic nitrogens is 1. The van der Waals surface area contributed by atoms with E-state index in [1.54, 1.807) is 37.3 Å². The fraction of sp³-hybridized carbons (Fsp3) is 0.462. The van der Waals surface area contributed by atoms with E-state index >= 15 is 0 Å². The molecule has 0 N–H and O–H groups in total. The molecular formula is C26H33ClN4O5S2. The number of thiazole rings is 1. The maximum Gasteiger partial charge on any atom is 0.243 e. The van der Waals surface area contributed by atoms with E-state index < -0.39 is 10.0 Å². The smallest absolute Gasteiger partial charge is 0.243 e. The van der Waals surface area contributed by atoms with Gasteiger partial charge in [-0.15, -0.1) is 0 Å². The third kappa shape index (κ3) is 6.07. The summed E-state index contributed by atoms with van der Waals surface area (Å²) in [7, 11) is 3.54. The standard InChI is InChI=1S/C26H33ClN4O5S2/c1-29(2)14-5-15-31(26-28-23-21(35-3)10-11-22(36-4)24(23)37-26)25(32)18-12-16-30(17-13-18)38(33,34)20-8-6-19(27)7-9-20/h6-11,18H,5,12-17H2,1-4H3. The Labute approximate surface area is 233 Å². The molecule has 1 amide bonds. The fourth-order valence-corrected chi connectivity index (χ4v) is 7.26. The van der Waals surface area contributed by atoms with Crippen molar-refractivity contribution in [1.29, 1.82) is 0 Å². The van der Waals surface area contributed by atoms with Gasteiger partial charge in [0.1, 0.15) is 21.7 Å². The van der Waals surface area contributed by atoms with Crippen LogP contribution in [0.2, 0.25) is 5.02 Å². The van der Waals surface area contributed by atoms with E-state index in [4.69, 9.17) is 26.1 Å². The van der Waals surface area contributed by atoms with Crippen molar-refractivity contribution in [3.05, 3.63) is 41.4 Å². The molecule has 3 aromatic rings. The van der Waals surface area contributed by atoms with Gasteiger partial charge in [-0.05, 0) is 76.3 Å². The third-order valence-electron chi connectivity index (χ3n) is 6.64. The minimum Gasteiger partial charge on any atom is -0.495 e. The summed E-state index contributed by atoms with van der Waals surface area (Å²) in [5.74, 6) is 0.946. The Morgan fingerprint density at radius 1 is 1.05 bits per heavy atom. The summed E-state index contributed by atoms with van der Waals surface area (Å²) in [4.78, 5) is 22.7. The minimum absolute atomic E-state index is 0.0377. The summed E-state index contributed by atoms with van der Waals surface area (Å²) < 4.78 is 39.5. The van der Waals surface area contributed by atoms with Crippen molar-refractivity contribution in [2.45, 2.75) is 24.2 Å². The second-order valence-electron chi connectivity index (χ2n) is 9.42. The molecule has 2 aromatic carbocycles. The molecule has 1 aromatic heterocycles. The second-order valence-corrected chi connectivity index (χ2v) is 12.8. The van der Waals surface area contributed by atoms with Crippen LogP contribution >= 0.6 is 22.9 Å². The van der Waals surface area contributed by atoms with Crippen LogP contribution in [-0.4, -0.2) is 83.0 Å². The van der Waals surface area contributed by atoms with Gasteiger partial charge in [0, 0.05) is 30.6 Å². The molecule has 9 nitrogen and oxygen atoms in total. The van der Waals surface area contributed by atoms with E-state index in [-0.39, 0.29) is 29.8 Å². The predicted octanol–water partition coefficient (Wildman–Crippen LogP) is 4.35. The van der Waals surface area contributed by atoms with Crippen molar-refractivity contribution < 1.29 is 22.7 Å². The number of methoxy groups -OCH3 is 2. The number of benzene rings is 2. The molecule has 0 atom stereocenters. The Bertz CT molecular complexity index is 1330. The Kier molecular flexibility index (Phi) is 9.15. The van der Waals surface area contributed by atoms with Crippen LogP contribution in [0.25, 0.3) is 10.2 Å². The van der Waals surface area contributed by atoms with Crippen molar-refractivity contribution in [3.8, 4) is 11.5 Å². The van der Waals surface area contributed by atoms with Crippen molar-refractivity contribution in [2.24, 2.45) is 5.92 Å². The predicted molar refractivity (Wildman–Crippen MR) is 151 cm³/mol. The van der Waals surface area contributed by atoms with Gasteiger partial charge in [0.05, 0.1) is 19.1 Å². The SMILES string of the molecule is COc1ccc(OC)c2sc(N(CCCN(C)C)C(=O)C3CCN(S(=O)(=O)c4ccc(Cl)cc4)CC3)nc12. The molecule has 206 valence electrons. The molecule has 0 radical (unpaired) electrons. The quantitative estimate of drug-likeness (QED) is 0.352. The number of piperidine rings is 1. The van der Waals surface area contributed by atoms with E-state index in [9.17, 15) is 13.2 Å². The van der Waals surface area contributed by atoms with Gasteiger partial charge in [-0.1, -0.05) is 22.9 Å². The van der Waals surface area contributed by atoms with Gasteiger partial charge in [-0.25, -0.2) is 13.4 Å². The van der Waals surface area contributed by atoms with Crippen LogP contribution in [0.15, 0.2) is 41.3 Å². The van der Waals surface area contributed by atoms with Gasteiger partial charge in [0.15, 0.2) is 5.13 Å². The van der Waals surface area contributed by atoms with Gasteiger partial charge < -0.3 is 14.4 Å². The third-order valence-corrected chi connectivity index (χ3v) is 9.90. The number of carbonyl (C=O) groups is 1. The Morgan fingerprint density at radius 3 is 2.29 bits per heavy atom. The zero-order valence-corrected chi connectivity index (χ0v) is 24.4. The highest BCUT2D eigenvalue weighted by atomic mass is 35.5. The minimum atomic E-state index is -3.65. The molecule has 1 fully saturated rings.